The molecule has 0 spiro atoms. The summed E-state index contributed by atoms with van der Waals surface area (Å²) in [5, 5.41) is 9.11. The second-order valence-corrected chi connectivity index (χ2v) is 11.2. The van der Waals surface area contributed by atoms with E-state index in [9.17, 15) is 14.4 Å². The first-order chi connectivity index (χ1) is 23.4. The zero-order chi connectivity index (χ0) is 33.5. The molecule has 1 aliphatic rings. The molecule has 0 radical (unpaired) electrons. The third kappa shape index (κ3) is 8.18. The number of aromatic nitrogens is 4. The van der Waals surface area contributed by atoms with Crippen molar-refractivity contribution in [3.63, 3.8) is 0 Å². The van der Waals surface area contributed by atoms with E-state index in [4.69, 9.17) is 23.9 Å². The molecule has 13 heteroatoms. The van der Waals surface area contributed by atoms with Crippen molar-refractivity contribution >= 4 is 41.0 Å². The van der Waals surface area contributed by atoms with Crippen LogP contribution in [0.3, 0.4) is 0 Å². The maximum Gasteiger partial charge on any atom is 0.333 e. The fraction of sp³-hybridized carbons (Fsp3) is 0.250. The molecular weight excluding hydrogens is 694 g/mol. The molecule has 1 saturated heterocycles. The van der Waals surface area contributed by atoms with Crippen molar-refractivity contribution in [1.82, 2.24) is 20.4 Å². The van der Waals surface area contributed by atoms with Gasteiger partial charge in [-0.25, -0.2) is 19.0 Å². The largest absolute Gasteiger partial charge is 1.00 e. The minimum absolute atomic E-state index is 0. The van der Waals surface area contributed by atoms with E-state index in [-0.39, 0.29) is 36.2 Å². The predicted molar refractivity (Wildman–Crippen MR) is 175 cm³/mol. The number of imide groups is 1. The molecule has 0 aliphatic carbocycles. The number of rotatable bonds is 13. The lowest BCUT2D eigenvalue weighted by molar-refractivity contribution is -0.697. The van der Waals surface area contributed by atoms with Gasteiger partial charge in [0, 0.05) is 48.4 Å². The fourth-order valence-corrected chi connectivity index (χ4v) is 5.47. The van der Waals surface area contributed by atoms with Crippen LogP contribution in [0.1, 0.15) is 49.8 Å². The number of methoxy groups -OCH3 is 2. The molecule has 0 bridgehead atoms. The number of benzene rings is 2. The molecule has 2 aromatic carbocycles. The average molecular weight is 729 g/mol. The summed E-state index contributed by atoms with van der Waals surface area (Å²) in [6, 6.07) is 19.3. The second kappa shape index (κ2) is 16.1. The van der Waals surface area contributed by atoms with Gasteiger partial charge in [-0.3, -0.25) is 9.59 Å². The Morgan fingerprint density at radius 3 is 2.18 bits per heavy atom. The number of amides is 2. The van der Waals surface area contributed by atoms with Gasteiger partial charge in [-0.05, 0) is 83.3 Å². The monoisotopic (exact) mass is 727 g/mol. The number of aryl methyl sites for hydroxylation is 1. The van der Waals surface area contributed by atoms with Crippen molar-refractivity contribution in [2.24, 2.45) is 0 Å². The van der Waals surface area contributed by atoms with Crippen LogP contribution in [0.25, 0.3) is 45.6 Å². The Labute approximate surface area is 293 Å². The highest BCUT2D eigenvalue weighted by atomic mass is 79.9. The average Bonchev–Trinajstić information content (AvgIpc) is 3.73. The van der Waals surface area contributed by atoms with Gasteiger partial charge in [0.15, 0.2) is 17.9 Å². The maximum absolute atomic E-state index is 12.1. The molecule has 12 nitrogen and oxygen atoms in total. The topological polar surface area (TPSA) is 138 Å². The van der Waals surface area contributed by atoms with E-state index >= 15 is 0 Å². The third-order valence-corrected chi connectivity index (χ3v) is 7.99. The predicted octanol–water partition coefficient (Wildman–Crippen LogP) is 2.60. The van der Waals surface area contributed by atoms with E-state index in [1.165, 1.54) is 0 Å². The lowest BCUT2D eigenvalue weighted by Gasteiger charge is -2.12. The fourth-order valence-electron chi connectivity index (χ4n) is 5.47. The van der Waals surface area contributed by atoms with Crippen LogP contribution in [-0.2, 0) is 25.8 Å². The molecule has 1 fully saturated rings. The summed E-state index contributed by atoms with van der Waals surface area (Å²) in [4.78, 5) is 45.4. The molecular formula is C36H34BrN5O7. The van der Waals surface area contributed by atoms with Crippen LogP contribution in [0.2, 0.25) is 0 Å². The van der Waals surface area contributed by atoms with Crippen LogP contribution in [0.15, 0.2) is 77.7 Å². The quantitative estimate of drug-likeness (QED) is 0.101. The van der Waals surface area contributed by atoms with Gasteiger partial charge in [-0.15, -0.1) is 5.06 Å². The Morgan fingerprint density at radius 2 is 1.51 bits per heavy atom. The number of hydrogen-bond donors (Lipinski definition) is 0. The Hall–Kier alpha value is -5.43. The number of hydrogen-bond acceptors (Lipinski definition) is 10. The van der Waals surface area contributed by atoms with E-state index < -0.39 is 17.8 Å². The summed E-state index contributed by atoms with van der Waals surface area (Å²) in [5.74, 6) is -0.0524. The van der Waals surface area contributed by atoms with Crippen LogP contribution in [-0.4, -0.2) is 52.4 Å². The van der Waals surface area contributed by atoms with Crippen LogP contribution >= 0.6 is 0 Å². The molecule has 2 amide bonds. The van der Waals surface area contributed by atoms with Gasteiger partial charge in [-0.2, -0.15) is 0 Å². The molecule has 5 aromatic rings. The molecule has 1 aliphatic heterocycles. The van der Waals surface area contributed by atoms with Gasteiger partial charge >= 0.3 is 5.97 Å². The number of unbranched alkanes of at least 4 members (excludes halogenated alkanes) is 2. The van der Waals surface area contributed by atoms with Gasteiger partial charge in [0.2, 0.25) is 0 Å². The Kier molecular flexibility index (Phi) is 11.5. The van der Waals surface area contributed by atoms with Crippen LogP contribution in [0.5, 0.6) is 11.5 Å². The molecule has 6 rings (SSSR count). The van der Waals surface area contributed by atoms with E-state index in [0.717, 1.165) is 53.1 Å². The van der Waals surface area contributed by atoms with Crippen molar-refractivity contribution in [3.8, 4) is 33.9 Å². The van der Waals surface area contributed by atoms with E-state index in [1.807, 2.05) is 85.2 Å². The van der Waals surface area contributed by atoms with Crippen LogP contribution in [0, 0.1) is 0 Å². The number of carbonyl (C=O) groups is 3. The SMILES string of the molecule is COc1ccc(-c2nc(/C=C/c3ccc[n+](CCCCCC(=O)ON4C(=O)CCC4=O)c3)c(-c3ccc(OC)cc3)c3nonc23)cc1.[Br-]. The summed E-state index contributed by atoms with van der Waals surface area (Å²) in [7, 11) is 3.25. The normalized spacial score (nSPS) is 12.8. The molecule has 252 valence electrons. The van der Waals surface area contributed by atoms with Crippen molar-refractivity contribution in [2.75, 3.05) is 14.2 Å². The number of halogens is 1. The molecule has 0 N–H and O–H groups in total. The highest BCUT2D eigenvalue weighted by Gasteiger charge is 2.32. The van der Waals surface area contributed by atoms with Crippen LogP contribution in [0.4, 0.5) is 0 Å². The van der Waals surface area contributed by atoms with Gasteiger partial charge in [-0.1, -0.05) is 12.1 Å². The molecule has 3 aromatic heterocycles. The van der Waals surface area contributed by atoms with Crippen LogP contribution < -0.4 is 31.0 Å². The number of pyridine rings is 2. The third-order valence-electron chi connectivity index (χ3n) is 7.99. The Morgan fingerprint density at radius 1 is 0.857 bits per heavy atom. The zero-order valence-corrected chi connectivity index (χ0v) is 28.6. The maximum atomic E-state index is 12.1. The van der Waals surface area contributed by atoms with Crippen molar-refractivity contribution in [3.05, 3.63) is 84.3 Å². The first kappa shape index (κ1) is 34.9. The molecule has 0 saturated carbocycles. The second-order valence-electron chi connectivity index (χ2n) is 11.2. The highest BCUT2D eigenvalue weighted by Crippen LogP contribution is 2.36. The number of nitrogens with zero attached hydrogens (tertiary/aromatic N) is 5. The van der Waals surface area contributed by atoms with Crippen molar-refractivity contribution in [2.45, 2.75) is 45.1 Å². The zero-order valence-electron chi connectivity index (χ0n) is 27.0. The number of ether oxygens (including phenoxy) is 2. The first-order valence-corrected chi connectivity index (χ1v) is 15.6. The summed E-state index contributed by atoms with van der Waals surface area (Å²) in [6.07, 6.45) is 10.5. The smallest absolute Gasteiger partial charge is 0.333 e. The minimum Gasteiger partial charge on any atom is -1.00 e. The Balaban J connectivity index is 0.00000468. The van der Waals surface area contributed by atoms with Gasteiger partial charge in [0.25, 0.3) is 11.8 Å². The van der Waals surface area contributed by atoms with E-state index in [1.54, 1.807) is 14.2 Å². The van der Waals surface area contributed by atoms with Gasteiger partial charge < -0.3 is 31.3 Å². The number of hydroxylamine groups is 2. The molecule has 0 atom stereocenters. The minimum atomic E-state index is -0.573. The summed E-state index contributed by atoms with van der Waals surface area (Å²) < 4.78 is 18.0. The standard InChI is InChI=1S/C36H34N5O7.BrH/c1-45-27-14-10-25(11-15-27)33-29(37-34(36-35(33)38-48-39-36)26-12-16-28(46-2)17-13-26)18-9-24-7-6-22-40(23-24)21-5-3-4-8-32(44)47-41-30(42)19-20-31(41)43;/h6-7,9-18,22-23H,3-5,8,19-21H2,1-2H3;1H/q+1;/p-1/b18-9+;. The molecule has 4 heterocycles. The number of carbonyl (C=O) groups excluding carboxylic acids is 3. The Bertz CT molecular complexity index is 1960. The van der Waals surface area contributed by atoms with Gasteiger partial charge in [0.05, 0.1) is 19.9 Å². The highest BCUT2D eigenvalue weighted by molar-refractivity contribution is 6.02. The number of fused-ring (bicyclic) bond motifs is 1. The molecule has 49 heavy (non-hydrogen) atoms. The van der Waals surface area contributed by atoms with E-state index in [0.29, 0.717) is 33.9 Å². The summed E-state index contributed by atoms with van der Waals surface area (Å²) in [6.45, 7) is 0.743. The molecule has 0 unspecified atom stereocenters. The lowest BCUT2D eigenvalue weighted by atomic mass is 9.99. The lowest BCUT2D eigenvalue weighted by Crippen LogP contribution is -3.00. The van der Waals surface area contributed by atoms with Crippen molar-refractivity contribution < 1.29 is 54.9 Å². The summed E-state index contributed by atoms with van der Waals surface area (Å²) >= 11 is 0. The van der Waals surface area contributed by atoms with Gasteiger partial charge in [0.1, 0.15) is 29.3 Å². The van der Waals surface area contributed by atoms with Crippen molar-refractivity contribution in [1.29, 1.82) is 0 Å². The van der Waals surface area contributed by atoms with E-state index in [2.05, 4.69) is 14.9 Å². The summed E-state index contributed by atoms with van der Waals surface area (Å²) in [5.41, 5.74) is 5.94. The first-order valence-electron chi connectivity index (χ1n) is 15.6.